The van der Waals surface area contributed by atoms with Gasteiger partial charge in [-0.15, -0.1) is 0 Å². The number of aliphatic hydroxyl groups excluding tert-OH is 1. The summed E-state index contributed by atoms with van der Waals surface area (Å²) in [4.78, 5) is 14.7. The van der Waals surface area contributed by atoms with E-state index in [-0.39, 0.29) is 18.1 Å². The Morgan fingerprint density at radius 2 is 1.92 bits per heavy atom. The largest absolute Gasteiger partial charge is 0.391 e. The van der Waals surface area contributed by atoms with Gasteiger partial charge in [0.1, 0.15) is 5.76 Å². The molecule has 2 aliphatic carbocycles. The summed E-state index contributed by atoms with van der Waals surface area (Å²) >= 11 is 0. The van der Waals surface area contributed by atoms with Crippen molar-refractivity contribution in [3.63, 3.8) is 0 Å². The molecule has 0 aromatic carbocycles. The van der Waals surface area contributed by atoms with Gasteiger partial charge in [0.25, 0.3) is 5.91 Å². The second-order valence-corrected chi connectivity index (χ2v) is 7.59. The third kappa shape index (κ3) is 3.49. The van der Waals surface area contributed by atoms with Crippen molar-refractivity contribution in [1.29, 1.82) is 0 Å². The Morgan fingerprint density at radius 1 is 1.17 bits per heavy atom. The lowest BCUT2D eigenvalue weighted by atomic mass is 9.89. The molecule has 1 saturated heterocycles. The van der Waals surface area contributed by atoms with Gasteiger partial charge in [0, 0.05) is 37.2 Å². The summed E-state index contributed by atoms with van der Waals surface area (Å²) in [5.41, 5.74) is 0.405. The van der Waals surface area contributed by atoms with Crippen LogP contribution in [0.4, 0.5) is 0 Å². The van der Waals surface area contributed by atoms with Crippen LogP contribution in [0.5, 0.6) is 0 Å². The number of likely N-dealkylation sites (tertiary alicyclic amines) is 1. The monoisotopic (exact) mass is 333 g/mol. The van der Waals surface area contributed by atoms with Crippen LogP contribution >= 0.6 is 0 Å². The summed E-state index contributed by atoms with van der Waals surface area (Å²) in [6.45, 7) is 1.89. The van der Waals surface area contributed by atoms with E-state index in [4.69, 9.17) is 4.52 Å². The fourth-order valence-corrected chi connectivity index (χ4v) is 4.11. The van der Waals surface area contributed by atoms with Crippen LogP contribution in [0, 0.1) is 0 Å². The van der Waals surface area contributed by atoms with Crippen molar-refractivity contribution in [3.8, 4) is 0 Å². The number of nitrogens with zero attached hydrogens (tertiary/aromatic N) is 2. The molecule has 132 valence electrons. The molecule has 0 unspecified atom stereocenters. The van der Waals surface area contributed by atoms with Gasteiger partial charge in [-0.2, -0.15) is 0 Å². The zero-order chi connectivity index (χ0) is 16.5. The third-order valence-corrected chi connectivity index (χ3v) is 5.77. The summed E-state index contributed by atoms with van der Waals surface area (Å²) in [5, 5.41) is 17.2. The van der Waals surface area contributed by atoms with Crippen molar-refractivity contribution < 1.29 is 14.4 Å². The van der Waals surface area contributed by atoms with Gasteiger partial charge in [-0.05, 0) is 38.5 Å². The summed E-state index contributed by atoms with van der Waals surface area (Å²) in [5.74, 6) is 1.20. The second kappa shape index (κ2) is 6.84. The fraction of sp³-hybridized carbons (Fsp3) is 0.778. The predicted octanol–water partition coefficient (Wildman–Crippen LogP) is 2.05. The average Bonchev–Trinajstić information content (AvgIpc) is 3.33. The number of carbonyl (C=O) groups is 1. The van der Waals surface area contributed by atoms with Gasteiger partial charge in [-0.3, -0.25) is 9.69 Å². The second-order valence-electron chi connectivity index (χ2n) is 7.59. The summed E-state index contributed by atoms with van der Waals surface area (Å²) in [6.07, 6.45) is 8.35. The van der Waals surface area contributed by atoms with Gasteiger partial charge < -0.3 is 14.9 Å². The maximum Gasteiger partial charge on any atom is 0.273 e. The summed E-state index contributed by atoms with van der Waals surface area (Å²) < 4.78 is 5.26. The highest BCUT2D eigenvalue weighted by Crippen LogP contribution is 2.40. The number of aliphatic hydroxyl groups is 1. The molecule has 2 N–H and O–H groups in total. The minimum atomic E-state index is -0.180. The van der Waals surface area contributed by atoms with E-state index in [0.717, 1.165) is 63.8 Å². The Hall–Kier alpha value is -1.40. The number of rotatable bonds is 4. The van der Waals surface area contributed by atoms with E-state index < -0.39 is 0 Å². The molecule has 6 nitrogen and oxygen atoms in total. The molecule has 3 aliphatic rings. The van der Waals surface area contributed by atoms with E-state index >= 15 is 0 Å². The molecular formula is C18H27N3O3. The van der Waals surface area contributed by atoms with Crippen molar-refractivity contribution in [2.45, 2.75) is 75.5 Å². The molecule has 6 heteroatoms. The first-order valence-electron chi connectivity index (χ1n) is 9.40. The smallest absolute Gasteiger partial charge is 0.273 e. The van der Waals surface area contributed by atoms with E-state index in [0.29, 0.717) is 17.7 Å². The first-order valence-corrected chi connectivity index (χ1v) is 9.40. The number of hydrogen-bond acceptors (Lipinski definition) is 5. The van der Waals surface area contributed by atoms with Crippen LogP contribution < -0.4 is 5.32 Å². The molecule has 3 fully saturated rings. The number of hydrogen-bond donors (Lipinski definition) is 2. The lowest BCUT2D eigenvalue weighted by Gasteiger charge is -2.41. The van der Waals surface area contributed by atoms with Crippen LogP contribution in [0.25, 0.3) is 0 Å². The first kappa shape index (κ1) is 16.1. The van der Waals surface area contributed by atoms with E-state index in [1.165, 1.54) is 6.42 Å². The maximum absolute atomic E-state index is 12.3. The van der Waals surface area contributed by atoms with Crippen LogP contribution in [0.1, 0.15) is 73.5 Å². The molecule has 0 bridgehead atoms. The van der Waals surface area contributed by atoms with Crippen molar-refractivity contribution in [3.05, 3.63) is 17.5 Å². The summed E-state index contributed by atoms with van der Waals surface area (Å²) in [6, 6.07) is 2.29. The van der Waals surface area contributed by atoms with E-state index in [2.05, 4.69) is 15.4 Å². The SMILES string of the molecule is O=C(NC1CCN([C@@H]2CCCC[C@@H]2O)CC1)c1cc(C2CC2)on1. The maximum atomic E-state index is 12.3. The molecular weight excluding hydrogens is 306 g/mol. The zero-order valence-electron chi connectivity index (χ0n) is 14.1. The number of amides is 1. The molecule has 1 aromatic rings. The van der Waals surface area contributed by atoms with Gasteiger partial charge in [-0.25, -0.2) is 0 Å². The van der Waals surface area contributed by atoms with Gasteiger partial charge >= 0.3 is 0 Å². The Labute approximate surface area is 142 Å². The predicted molar refractivity (Wildman–Crippen MR) is 88.8 cm³/mol. The average molecular weight is 333 g/mol. The molecule has 0 spiro atoms. The number of piperidine rings is 1. The number of aromatic nitrogens is 1. The van der Waals surface area contributed by atoms with E-state index in [1.54, 1.807) is 6.07 Å². The van der Waals surface area contributed by atoms with Gasteiger partial charge in [-0.1, -0.05) is 18.0 Å². The Kier molecular flexibility index (Phi) is 4.59. The van der Waals surface area contributed by atoms with Crippen LogP contribution in [0.2, 0.25) is 0 Å². The molecule has 24 heavy (non-hydrogen) atoms. The standard InChI is InChI=1S/C18H27N3O3/c22-16-4-2-1-3-15(16)21-9-7-13(8-10-21)19-18(23)14-11-17(24-20-14)12-5-6-12/h11-13,15-16,22H,1-10H2,(H,19,23)/t15-,16+/m1/s1. The Bertz CT molecular complexity index is 576. The minimum absolute atomic E-state index is 0.123. The first-order chi connectivity index (χ1) is 11.7. The van der Waals surface area contributed by atoms with Crippen molar-refractivity contribution >= 4 is 5.91 Å². The molecule has 2 heterocycles. The van der Waals surface area contributed by atoms with Crippen LogP contribution in [-0.2, 0) is 0 Å². The number of carbonyl (C=O) groups excluding carboxylic acids is 1. The van der Waals surface area contributed by atoms with Crippen LogP contribution in [-0.4, -0.2) is 52.3 Å². The molecule has 4 rings (SSSR count). The Morgan fingerprint density at radius 3 is 2.62 bits per heavy atom. The molecule has 1 amide bonds. The molecule has 2 atom stereocenters. The molecule has 1 aliphatic heterocycles. The van der Waals surface area contributed by atoms with Crippen molar-refractivity contribution in [2.75, 3.05) is 13.1 Å². The Balaban J connectivity index is 1.27. The highest BCUT2D eigenvalue weighted by molar-refractivity contribution is 5.92. The topological polar surface area (TPSA) is 78.6 Å². The quantitative estimate of drug-likeness (QED) is 0.882. The normalized spacial score (nSPS) is 29.5. The minimum Gasteiger partial charge on any atom is -0.391 e. The van der Waals surface area contributed by atoms with Crippen molar-refractivity contribution in [2.24, 2.45) is 0 Å². The highest BCUT2D eigenvalue weighted by Gasteiger charge is 2.32. The van der Waals surface area contributed by atoms with E-state index in [1.807, 2.05) is 0 Å². The van der Waals surface area contributed by atoms with E-state index in [9.17, 15) is 9.90 Å². The van der Waals surface area contributed by atoms with Gasteiger partial charge in [0.05, 0.1) is 6.10 Å². The summed E-state index contributed by atoms with van der Waals surface area (Å²) in [7, 11) is 0. The molecule has 1 aromatic heterocycles. The number of nitrogens with one attached hydrogen (secondary N) is 1. The molecule has 2 saturated carbocycles. The fourth-order valence-electron chi connectivity index (χ4n) is 4.11. The van der Waals surface area contributed by atoms with Gasteiger partial charge in [0.15, 0.2) is 5.69 Å². The van der Waals surface area contributed by atoms with Gasteiger partial charge in [0.2, 0.25) is 0 Å². The lowest BCUT2D eigenvalue weighted by molar-refractivity contribution is 0.00725. The van der Waals surface area contributed by atoms with Crippen molar-refractivity contribution in [1.82, 2.24) is 15.4 Å². The van der Waals surface area contributed by atoms with Crippen LogP contribution in [0.3, 0.4) is 0 Å². The lowest BCUT2D eigenvalue weighted by Crippen LogP contribution is -2.52. The van der Waals surface area contributed by atoms with Crippen LogP contribution in [0.15, 0.2) is 10.6 Å². The third-order valence-electron chi connectivity index (χ3n) is 5.77. The molecule has 0 radical (unpaired) electrons. The highest BCUT2D eigenvalue weighted by atomic mass is 16.5. The zero-order valence-corrected chi connectivity index (χ0v) is 14.1.